The van der Waals surface area contributed by atoms with Gasteiger partial charge in [0, 0.05) is 5.56 Å². The first-order chi connectivity index (χ1) is 9.07. The van der Waals surface area contributed by atoms with Crippen molar-refractivity contribution < 1.29 is 36.2 Å². The molecule has 0 fully saturated rings. The number of nitrogens with one attached hydrogen (secondary N) is 1. The summed E-state index contributed by atoms with van der Waals surface area (Å²) < 4.78 is 75.5. The van der Waals surface area contributed by atoms with Gasteiger partial charge in [-0.05, 0) is 18.2 Å². The molecule has 0 heterocycles. The van der Waals surface area contributed by atoms with Crippen LogP contribution in [0.15, 0.2) is 18.2 Å². The van der Waals surface area contributed by atoms with Crippen LogP contribution in [0.4, 0.5) is 26.3 Å². The molecule has 0 atom stereocenters. The number of alkyl halides is 5. The van der Waals surface area contributed by atoms with Crippen molar-refractivity contribution in [1.82, 2.24) is 5.32 Å². The van der Waals surface area contributed by atoms with Crippen molar-refractivity contribution in [2.75, 3.05) is 13.2 Å². The Morgan fingerprint density at radius 2 is 1.80 bits per heavy atom. The molecule has 1 rings (SSSR count). The standard InChI is InChI=1S/C11H9F6NO2/c12-8-2-1-6(3-7(8)11(15,16)17)9(20)18-4-10(13,14)5-19/h1-3,19H,4-5H2,(H,18,20). The highest BCUT2D eigenvalue weighted by molar-refractivity contribution is 5.94. The average molecular weight is 301 g/mol. The van der Waals surface area contributed by atoms with E-state index in [4.69, 9.17) is 5.11 Å². The van der Waals surface area contributed by atoms with Crippen LogP contribution in [0, 0.1) is 5.82 Å². The fourth-order valence-corrected chi connectivity index (χ4v) is 1.25. The van der Waals surface area contributed by atoms with Gasteiger partial charge in [-0.1, -0.05) is 0 Å². The van der Waals surface area contributed by atoms with Gasteiger partial charge in [0.25, 0.3) is 11.8 Å². The summed E-state index contributed by atoms with van der Waals surface area (Å²) in [5.41, 5.74) is -2.29. The van der Waals surface area contributed by atoms with Crippen LogP contribution < -0.4 is 5.32 Å². The lowest BCUT2D eigenvalue weighted by atomic mass is 10.1. The largest absolute Gasteiger partial charge is 0.419 e. The summed E-state index contributed by atoms with van der Waals surface area (Å²) in [4.78, 5) is 11.4. The number of carbonyl (C=O) groups excluding carboxylic acids is 1. The number of aliphatic hydroxyl groups is 1. The summed E-state index contributed by atoms with van der Waals surface area (Å²) in [5.74, 6) is -6.40. The Kier molecular flexibility index (Phi) is 4.64. The van der Waals surface area contributed by atoms with Crippen molar-refractivity contribution in [2.24, 2.45) is 0 Å². The van der Waals surface area contributed by atoms with Gasteiger partial charge in [0.1, 0.15) is 12.4 Å². The monoisotopic (exact) mass is 301 g/mol. The normalized spacial score (nSPS) is 12.3. The Labute approximate surface area is 109 Å². The number of benzene rings is 1. The number of hydrogen-bond acceptors (Lipinski definition) is 2. The fourth-order valence-electron chi connectivity index (χ4n) is 1.25. The molecule has 2 N–H and O–H groups in total. The van der Waals surface area contributed by atoms with Gasteiger partial charge in [0.05, 0.1) is 12.1 Å². The minimum absolute atomic E-state index is 0.224. The second kappa shape index (κ2) is 5.70. The van der Waals surface area contributed by atoms with E-state index in [0.29, 0.717) is 6.07 Å². The Bertz CT molecular complexity index is 500. The molecule has 0 aliphatic carbocycles. The van der Waals surface area contributed by atoms with E-state index in [2.05, 4.69) is 0 Å². The highest BCUT2D eigenvalue weighted by Crippen LogP contribution is 2.31. The van der Waals surface area contributed by atoms with Gasteiger partial charge < -0.3 is 10.4 Å². The van der Waals surface area contributed by atoms with Crippen LogP contribution in [0.2, 0.25) is 0 Å². The Hall–Kier alpha value is -1.77. The highest BCUT2D eigenvalue weighted by atomic mass is 19.4. The van der Waals surface area contributed by atoms with Crippen molar-refractivity contribution in [3.63, 3.8) is 0 Å². The molecular formula is C11H9F6NO2. The quantitative estimate of drug-likeness (QED) is 0.838. The van der Waals surface area contributed by atoms with E-state index in [1.165, 1.54) is 0 Å². The van der Waals surface area contributed by atoms with Gasteiger partial charge in [-0.2, -0.15) is 13.2 Å². The predicted octanol–water partition coefficient (Wildman–Crippen LogP) is 2.20. The summed E-state index contributed by atoms with van der Waals surface area (Å²) in [6, 6.07) is 1.38. The molecule has 1 amide bonds. The maximum Gasteiger partial charge on any atom is 0.419 e. The average Bonchev–Trinajstić information content (AvgIpc) is 2.35. The van der Waals surface area contributed by atoms with Gasteiger partial charge in [0.2, 0.25) is 0 Å². The smallest absolute Gasteiger partial charge is 0.390 e. The molecule has 20 heavy (non-hydrogen) atoms. The molecule has 0 unspecified atom stereocenters. The lowest BCUT2D eigenvalue weighted by Gasteiger charge is -2.14. The molecule has 0 aromatic heterocycles. The first kappa shape index (κ1) is 16.3. The number of hydrogen-bond donors (Lipinski definition) is 2. The van der Waals surface area contributed by atoms with E-state index >= 15 is 0 Å². The van der Waals surface area contributed by atoms with Gasteiger partial charge in [-0.25, -0.2) is 13.2 Å². The molecule has 9 heteroatoms. The van der Waals surface area contributed by atoms with Gasteiger partial charge >= 0.3 is 6.18 Å². The molecule has 3 nitrogen and oxygen atoms in total. The molecule has 112 valence electrons. The lowest BCUT2D eigenvalue weighted by molar-refractivity contribution is -0.140. The SMILES string of the molecule is O=C(NCC(F)(F)CO)c1ccc(F)c(C(F)(F)F)c1. The molecule has 1 aromatic carbocycles. The second-order valence-corrected chi connectivity index (χ2v) is 3.89. The number of aliphatic hydroxyl groups excluding tert-OH is 1. The fraction of sp³-hybridized carbons (Fsp3) is 0.364. The number of halogens is 6. The third-order valence-electron chi connectivity index (χ3n) is 2.27. The lowest BCUT2D eigenvalue weighted by Crippen LogP contribution is -2.39. The molecule has 0 aliphatic heterocycles. The van der Waals surface area contributed by atoms with E-state index < -0.39 is 48.1 Å². The molecule has 0 spiro atoms. The second-order valence-electron chi connectivity index (χ2n) is 3.89. The Morgan fingerprint density at radius 1 is 1.20 bits per heavy atom. The minimum Gasteiger partial charge on any atom is -0.390 e. The van der Waals surface area contributed by atoms with Gasteiger partial charge in [0.15, 0.2) is 0 Å². The van der Waals surface area contributed by atoms with Crippen molar-refractivity contribution in [1.29, 1.82) is 0 Å². The van der Waals surface area contributed by atoms with Crippen LogP contribution in [-0.4, -0.2) is 30.1 Å². The van der Waals surface area contributed by atoms with E-state index in [9.17, 15) is 31.1 Å². The maximum atomic E-state index is 13.0. The predicted molar refractivity (Wildman–Crippen MR) is 55.8 cm³/mol. The van der Waals surface area contributed by atoms with Gasteiger partial charge in [-0.3, -0.25) is 4.79 Å². The molecule has 0 radical (unpaired) electrons. The van der Waals surface area contributed by atoms with Crippen molar-refractivity contribution in [2.45, 2.75) is 12.1 Å². The zero-order chi connectivity index (χ0) is 15.6. The summed E-state index contributed by atoms with van der Waals surface area (Å²) in [7, 11) is 0. The molecule has 1 aromatic rings. The van der Waals surface area contributed by atoms with Crippen LogP contribution in [0.25, 0.3) is 0 Å². The van der Waals surface area contributed by atoms with Crippen LogP contribution in [0.5, 0.6) is 0 Å². The van der Waals surface area contributed by atoms with Crippen LogP contribution in [0.1, 0.15) is 15.9 Å². The van der Waals surface area contributed by atoms with E-state index in [0.717, 1.165) is 6.07 Å². The van der Waals surface area contributed by atoms with E-state index in [1.54, 1.807) is 5.32 Å². The van der Waals surface area contributed by atoms with E-state index in [-0.39, 0.29) is 6.07 Å². The first-order valence-electron chi connectivity index (χ1n) is 5.20. The minimum atomic E-state index is -5.00. The van der Waals surface area contributed by atoms with Crippen molar-refractivity contribution in [3.05, 3.63) is 35.1 Å². The Morgan fingerprint density at radius 3 is 2.30 bits per heavy atom. The maximum absolute atomic E-state index is 13.0. The zero-order valence-electron chi connectivity index (χ0n) is 9.77. The molecule has 0 saturated heterocycles. The Balaban J connectivity index is 2.90. The highest BCUT2D eigenvalue weighted by Gasteiger charge is 2.35. The number of amides is 1. The molecule has 0 bridgehead atoms. The first-order valence-corrected chi connectivity index (χ1v) is 5.20. The van der Waals surface area contributed by atoms with Crippen molar-refractivity contribution >= 4 is 5.91 Å². The number of carbonyl (C=O) groups is 1. The van der Waals surface area contributed by atoms with Crippen LogP contribution >= 0.6 is 0 Å². The molecular weight excluding hydrogens is 292 g/mol. The molecule has 0 saturated carbocycles. The summed E-state index contributed by atoms with van der Waals surface area (Å²) in [6.07, 6.45) is -5.00. The van der Waals surface area contributed by atoms with Crippen LogP contribution in [0.3, 0.4) is 0 Å². The topological polar surface area (TPSA) is 49.3 Å². The van der Waals surface area contributed by atoms with E-state index in [1.807, 2.05) is 0 Å². The summed E-state index contributed by atoms with van der Waals surface area (Å²) in [6.45, 7) is -2.77. The number of rotatable bonds is 4. The molecule has 0 aliphatic rings. The third-order valence-corrected chi connectivity index (χ3v) is 2.27. The summed E-state index contributed by atoms with van der Waals surface area (Å²) >= 11 is 0. The summed E-state index contributed by atoms with van der Waals surface area (Å²) in [5, 5.41) is 9.91. The third kappa shape index (κ3) is 4.12. The van der Waals surface area contributed by atoms with Crippen molar-refractivity contribution in [3.8, 4) is 0 Å². The van der Waals surface area contributed by atoms with Crippen LogP contribution in [-0.2, 0) is 6.18 Å². The zero-order valence-corrected chi connectivity index (χ0v) is 9.77. The van der Waals surface area contributed by atoms with Gasteiger partial charge in [-0.15, -0.1) is 0 Å².